The van der Waals surface area contributed by atoms with Crippen molar-refractivity contribution in [2.45, 2.75) is 38.1 Å². The van der Waals surface area contributed by atoms with Gasteiger partial charge in [-0.3, -0.25) is 0 Å². The van der Waals surface area contributed by atoms with Crippen molar-refractivity contribution in [3.8, 4) is 0 Å². The van der Waals surface area contributed by atoms with Gasteiger partial charge in [0.05, 0.1) is 9.50 Å². The molecule has 5 heteroatoms. The third kappa shape index (κ3) is 3.37. The van der Waals surface area contributed by atoms with Gasteiger partial charge in [-0.25, -0.2) is 4.98 Å². The SMILES string of the molecule is NCCCN(c1ncc(Cl)cc1Br)C1CCCC1. The normalized spacial score (nSPS) is 16.2. The van der Waals surface area contributed by atoms with Gasteiger partial charge < -0.3 is 10.6 Å². The molecule has 3 nitrogen and oxygen atoms in total. The van der Waals surface area contributed by atoms with E-state index in [1.54, 1.807) is 6.20 Å². The summed E-state index contributed by atoms with van der Waals surface area (Å²) in [5.41, 5.74) is 5.64. The minimum Gasteiger partial charge on any atom is -0.353 e. The van der Waals surface area contributed by atoms with E-state index in [-0.39, 0.29) is 0 Å². The second-order valence-corrected chi connectivity index (χ2v) is 6.02. The van der Waals surface area contributed by atoms with Crippen molar-refractivity contribution < 1.29 is 0 Å². The maximum absolute atomic E-state index is 5.95. The van der Waals surface area contributed by atoms with Crippen molar-refractivity contribution >= 4 is 33.3 Å². The van der Waals surface area contributed by atoms with Crippen LogP contribution in [0.2, 0.25) is 5.02 Å². The Labute approximate surface area is 122 Å². The van der Waals surface area contributed by atoms with E-state index in [0.29, 0.717) is 17.6 Å². The van der Waals surface area contributed by atoms with Crippen LogP contribution >= 0.6 is 27.5 Å². The Morgan fingerprint density at radius 1 is 1.44 bits per heavy atom. The molecule has 1 aromatic rings. The predicted octanol–water partition coefficient (Wildman–Crippen LogP) is 3.60. The average Bonchev–Trinajstić information content (AvgIpc) is 2.85. The highest BCUT2D eigenvalue weighted by atomic mass is 79.9. The van der Waals surface area contributed by atoms with Crippen LogP contribution in [0.1, 0.15) is 32.1 Å². The molecule has 0 saturated heterocycles. The fourth-order valence-electron chi connectivity index (χ4n) is 2.56. The van der Waals surface area contributed by atoms with E-state index < -0.39 is 0 Å². The number of rotatable bonds is 5. The predicted molar refractivity (Wildman–Crippen MR) is 80.2 cm³/mol. The first-order chi connectivity index (χ1) is 8.72. The Balaban J connectivity index is 2.20. The third-order valence-electron chi connectivity index (χ3n) is 3.43. The lowest BCUT2D eigenvalue weighted by molar-refractivity contribution is 0.586. The molecule has 2 N–H and O–H groups in total. The summed E-state index contributed by atoms with van der Waals surface area (Å²) in [4.78, 5) is 6.87. The first-order valence-corrected chi connectivity index (χ1v) is 7.67. The van der Waals surface area contributed by atoms with E-state index in [4.69, 9.17) is 17.3 Å². The largest absolute Gasteiger partial charge is 0.353 e. The molecule has 0 unspecified atom stereocenters. The summed E-state index contributed by atoms with van der Waals surface area (Å²) in [6, 6.07) is 2.51. The number of hydrogen-bond acceptors (Lipinski definition) is 3. The molecule has 0 amide bonds. The zero-order valence-corrected chi connectivity index (χ0v) is 12.8. The van der Waals surface area contributed by atoms with E-state index in [1.807, 2.05) is 6.07 Å². The molecule has 18 heavy (non-hydrogen) atoms. The van der Waals surface area contributed by atoms with Crippen LogP contribution in [0, 0.1) is 0 Å². The van der Waals surface area contributed by atoms with Crippen LogP contribution in [0.3, 0.4) is 0 Å². The number of pyridine rings is 1. The van der Waals surface area contributed by atoms with Gasteiger partial charge >= 0.3 is 0 Å². The molecule has 100 valence electrons. The van der Waals surface area contributed by atoms with Crippen molar-refractivity contribution in [1.82, 2.24) is 4.98 Å². The highest BCUT2D eigenvalue weighted by molar-refractivity contribution is 9.10. The number of hydrogen-bond donors (Lipinski definition) is 1. The molecule has 0 bridgehead atoms. The van der Waals surface area contributed by atoms with Crippen molar-refractivity contribution in [1.29, 1.82) is 0 Å². The maximum atomic E-state index is 5.95. The van der Waals surface area contributed by atoms with E-state index in [1.165, 1.54) is 25.7 Å². The molecule has 1 aliphatic rings. The Morgan fingerprint density at radius 3 is 2.78 bits per heavy atom. The Hall–Kier alpha value is -0.320. The van der Waals surface area contributed by atoms with Crippen LogP contribution in [-0.2, 0) is 0 Å². The van der Waals surface area contributed by atoms with Crippen LogP contribution in [0.5, 0.6) is 0 Å². The summed E-state index contributed by atoms with van der Waals surface area (Å²) in [7, 11) is 0. The zero-order chi connectivity index (χ0) is 13.0. The molecule has 0 aromatic carbocycles. The topological polar surface area (TPSA) is 42.1 Å². The van der Waals surface area contributed by atoms with Gasteiger partial charge in [-0.2, -0.15) is 0 Å². The molecule has 0 radical (unpaired) electrons. The van der Waals surface area contributed by atoms with Crippen LogP contribution in [0.4, 0.5) is 5.82 Å². The summed E-state index contributed by atoms with van der Waals surface area (Å²) < 4.78 is 0.971. The number of nitrogens with two attached hydrogens (primary N) is 1. The highest BCUT2D eigenvalue weighted by Gasteiger charge is 2.24. The Bertz CT molecular complexity index is 394. The van der Waals surface area contributed by atoms with Crippen LogP contribution in [0.15, 0.2) is 16.7 Å². The van der Waals surface area contributed by atoms with Gasteiger partial charge in [0.2, 0.25) is 0 Å². The molecule has 0 spiro atoms. The van der Waals surface area contributed by atoms with Crippen LogP contribution in [0.25, 0.3) is 0 Å². The van der Waals surface area contributed by atoms with E-state index in [9.17, 15) is 0 Å². The molecule has 2 rings (SSSR count). The third-order valence-corrected chi connectivity index (χ3v) is 4.22. The van der Waals surface area contributed by atoms with Crippen molar-refractivity contribution in [3.63, 3.8) is 0 Å². The number of nitrogens with zero attached hydrogens (tertiary/aromatic N) is 2. The van der Waals surface area contributed by atoms with Crippen LogP contribution in [-0.4, -0.2) is 24.1 Å². The first kappa shape index (κ1) is 14.1. The molecule has 0 atom stereocenters. The molecule has 1 fully saturated rings. The van der Waals surface area contributed by atoms with Crippen molar-refractivity contribution in [3.05, 3.63) is 21.8 Å². The van der Waals surface area contributed by atoms with Gasteiger partial charge in [0.1, 0.15) is 5.82 Å². The van der Waals surface area contributed by atoms with E-state index in [2.05, 4.69) is 25.8 Å². The van der Waals surface area contributed by atoms with Gasteiger partial charge in [0.15, 0.2) is 0 Å². The standard InChI is InChI=1S/C13H19BrClN3/c14-12-8-10(15)9-17-13(12)18(7-3-6-16)11-4-1-2-5-11/h8-9,11H,1-7,16H2. The fourth-order valence-corrected chi connectivity index (χ4v) is 3.42. The lowest BCUT2D eigenvalue weighted by Gasteiger charge is -2.30. The average molecular weight is 333 g/mol. The molecule has 1 heterocycles. The minimum absolute atomic E-state index is 0.599. The molecular formula is C13H19BrClN3. The highest BCUT2D eigenvalue weighted by Crippen LogP contribution is 2.32. The number of halogens is 2. The molecule has 1 aliphatic carbocycles. The maximum Gasteiger partial charge on any atom is 0.143 e. The van der Waals surface area contributed by atoms with Crippen molar-refractivity contribution in [2.24, 2.45) is 5.73 Å². The zero-order valence-electron chi connectivity index (χ0n) is 10.4. The smallest absolute Gasteiger partial charge is 0.143 e. The van der Waals surface area contributed by atoms with E-state index >= 15 is 0 Å². The fraction of sp³-hybridized carbons (Fsp3) is 0.615. The summed E-state index contributed by atoms with van der Waals surface area (Å²) >= 11 is 9.52. The Kier molecular flexibility index (Phi) is 5.27. The van der Waals surface area contributed by atoms with E-state index in [0.717, 1.165) is 23.3 Å². The van der Waals surface area contributed by atoms with Gasteiger partial charge in [-0.15, -0.1) is 0 Å². The Morgan fingerprint density at radius 2 is 2.17 bits per heavy atom. The lowest BCUT2D eigenvalue weighted by atomic mass is 10.2. The molecule has 0 aliphatic heterocycles. The summed E-state index contributed by atoms with van der Waals surface area (Å²) in [6.45, 7) is 1.68. The molecule has 1 aromatic heterocycles. The van der Waals surface area contributed by atoms with Crippen LogP contribution < -0.4 is 10.6 Å². The van der Waals surface area contributed by atoms with Gasteiger partial charge in [-0.1, -0.05) is 24.4 Å². The number of aromatic nitrogens is 1. The summed E-state index contributed by atoms with van der Waals surface area (Å²) in [5.74, 6) is 1.000. The second-order valence-electron chi connectivity index (χ2n) is 4.73. The number of anilines is 1. The molecular weight excluding hydrogens is 314 g/mol. The molecule has 1 saturated carbocycles. The van der Waals surface area contributed by atoms with Gasteiger partial charge in [0, 0.05) is 18.8 Å². The van der Waals surface area contributed by atoms with Gasteiger partial charge in [0.25, 0.3) is 0 Å². The van der Waals surface area contributed by atoms with Gasteiger partial charge in [-0.05, 0) is 47.8 Å². The second kappa shape index (κ2) is 6.73. The summed E-state index contributed by atoms with van der Waals surface area (Å²) in [5, 5.41) is 0.663. The summed E-state index contributed by atoms with van der Waals surface area (Å²) in [6.07, 6.45) is 7.84. The van der Waals surface area contributed by atoms with Crippen molar-refractivity contribution in [2.75, 3.05) is 18.0 Å². The first-order valence-electron chi connectivity index (χ1n) is 6.50. The monoisotopic (exact) mass is 331 g/mol. The quantitative estimate of drug-likeness (QED) is 0.896. The minimum atomic E-state index is 0.599. The lowest BCUT2D eigenvalue weighted by Crippen LogP contribution is -2.36.